The number of nitro groups is 1. The van der Waals surface area contributed by atoms with Crippen molar-refractivity contribution in [3.63, 3.8) is 0 Å². The van der Waals surface area contributed by atoms with Gasteiger partial charge in [-0.05, 0) is 19.8 Å². The van der Waals surface area contributed by atoms with Crippen LogP contribution in [0, 0.1) is 22.5 Å². The highest BCUT2D eigenvalue weighted by Gasteiger charge is 2.28. The van der Waals surface area contributed by atoms with Crippen LogP contribution in [0.15, 0.2) is 0 Å². The van der Waals surface area contributed by atoms with E-state index in [1.165, 1.54) is 0 Å². The van der Waals surface area contributed by atoms with Gasteiger partial charge in [-0.3, -0.25) is 10.1 Å². The SMILES string of the molecule is CCC(CC)(CO)CNc1nc(NC)nc(C)c1[N+](=O)[O-]. The Hall–Kier alpha value is -1.96. The number of aliphatic hydroxyl groups excluding tert-OH is 1. The van der Waals surface area contributed by atoms with Gasteiger partial charge in [0.15, 0.2) is 0 Å². The van der Waals surface area contributed by atoms with Gasteiger partial charge in [-0.2, -0.15) is 4.98 Å². The van der Waals surface area contributed by atoms with Crippen molar-refractivity contribution < 1.29 is 10.0 Å². The van der Waals surface area contributed by atoms with Crippen LogP contribution in [0.3, 0.4) is 0 Å². The normalized spacial score (nSPS) is 11.3. The van der Waals surface area contributed by atoms with Gasteiger partial charge in [0, 0.05) is 19.0 Å². The van der Waals surface area contributed by atoms with Gasteiger partial charge >= 0.3 is 5.69 Å². The van der Waals surface area contributed by atoms with E-state index in [1.807, 2.05) is 13.8 Å². The third-order valence-corrected chi connectivity index (χ3v) is 3.93. The molecule has 0 aliphatic heterocycles. The molecule has 0 atom stereocenters. The van der Waals surface area contributed by atoms with E-state index < -0.39 is 4.92 Å². The molecule has 0 unspecified atom stereocenters. The van der Waals surface area contributed by atoms with Gasteiger partial charge in [0.2, 0.25) is 11.8 Å². The van der Waals surface area contributed by atoms with Crippen molar-refractivity contribution in [1.82, 2.24) is 9.97 Å². The van der Waals surface area contributed by atoms with E-state index in [0.29, 0.717) is 18.2 Å². The Kier molecular flexibility index (Phi) is 5.83. The van der Waals surface area contributed by atoms with Crippen molar-refractivity contribution in [1.29, 1.82) is 0 Å². The Morgan fingerprint density at radius 1 is 1.33 bits per heavy atom. The molecule has 0 radical (unpaired) electrons. The van der Waals surface area contributed by atoms with Crippen LogP contribution < -0.4 is 10.6 Å². The van der Waals surface area contributed by atoms with Crippen LogP contribution >= 0.6 is 0 Å². The molecule has 21 heavy (non-hydrogen) atoms. The molecule has 8 nitrogen and oxygen atoms in total. The first kappa shape index (κ1) is 17.1. The van der Waals surface area contributed by atoms with Crippen molar-refractivity contribution in [2.45, 2.75) is 33.6 Å². The summed E-state index contributed by atoms with van der Waals surface area (Å²) in [7, 11) is 1.65. The number of aryl methyl sites for hydroxylation is 1. The number of nitrogens with one attached hydrogen (secondary N) is 2. The van der Waals surface area contributed by atoms with Crippen molar-refractivity contribution in [2.75, 3.05) is 30.8 Å². The number of hydrogen-bond donors (Lipinski definition) is 3. The summed E-state index contributed by atoms with van der Waals surface area (Å²) >= 11 is 0. The van der Waals surface area contributed by atoms with Crippen LogP contribution in [0.1, 0.15) is 32.4 Å². The molecule has 1 rings (SSSR count). The van der Waals surface area contributed by atoms with E-state index in [2.05, 4.69) is 20.6 Å². The van der Waals surface area contributed by atoms with Crippen molar-refractivity contribution >= 4 is 17.5 Å². The lowest BCUT2D eigenvalue weighted by molar-refractivity contribution is -0.385. The standard InChI is InChI=1S/C13H23N5O3/c1-5-13(6-2,8-19)7-15-11-10(18(20)21)9(3)16-12(14-4)17-11/h19H,5-8H2,1-4H3,(H2,14,15,16,17). The highest BCUT2D eigenvalue weighted by molar-refractivity contribution is 5.60. The largest absolute Gasteiger partial charge is 0.396 e. The zero-order chi connectivity index (χ0) is 16.0. The first-order valence-corrected chi connectivity index (χ1v) is 6.98. The molecule has 0 amide bonds. The zero-order valence-corrected chi connectivity index (χ0v) is 12.9. The summed E-state index contributed by atoms with van der Waals surface area (Å²) in [6, 6.07) is 0. The Balaban J connectivity index is 3.11. The second kappa shape index (κ2) is 7.16. The highest BCUT2D eigenvalue weighted by Crippen LogP contribution is 2.30. The lowest BCUT2D eigenvalue weighted by Gasteiger charge is -2.29. The number of nitrogens with zero attached hydrogens (tertiary/aromatic N) is 3. The predicted octanol–water partition coefficient (Wildman–Crippen LogP) is 1.95. The Morgan fingerprint density at radius 3 is 2.38 bits per heavy atom. The molecule has 8 heteroatoms. The van der Waals surface area contributed by atoms with Crippen LogP contribution in [0.4, 0.5) is 17.5 Å². The van der Waals surface area contributed by atoms with E-state index in [4.69, 9.17) is 0 Å². The van der Waals surface area contributed by atoms with Crippen molar-refractivity contribution in [3.05, 3.63) is 15.8 Å². The maximum absolute atomic E-state index is 11.2. The first-order chi connectivity index (χ1) is 9.92. The molecular weight excluding hydrogens is 274 g/mol. The van der Waals surface area contributed by atoms with Crippen LogP contribution in [0.25, 0.3) is 0 Å². The van der Waals surface area contributed by atoms with Crippen LogP contribution in [0.2, 0.25) is 0 Å². The number of aliphatic hydroxyl groups is 1. The third kappa shape index (κ3) is 3.78. The van der Waals surface area contributed by atoms with Gasteiger partial charge in [-0.1, -0.05) is 13.8 Å². The summed E-state index contributed by atoms with van der Waals surface area (Å²) < 4.78 is 0. The highest BCUT2D eigenvalue weighted by atomic mass is 16.6. The van der Waals surface area contributed by atoms with E-state index in [1.54, 1.807) is 14.0 Å². The van der Waals surface area contributed by atoms with Crippen LogP contribution in [-0.4, -0.2) is 40.2 Å². The summed E-state index contributed by atoms with van der Waals surface area (Å²) in [6.45, 7) is 5.98. The van der Waals surface area contributed by atoms with Gasteiger partial charge in [0.05, 0.1) is 11.5 Å². The van der Waals surface area contributed by atoms with E-state index in [-0.39, 0.29) is 23.5 Å². The summed E-state index contributed by atoms with van der Waals surface area (Å²) in [5.74, 6) is 0.500. The predicted molar refractivity (Wildman–Crippen MR) is 81.6 cm³/mol. The number of rotatable bonds is 8. The van der Waals surface area contributed by atoms with E-state index in [0.717, 1.165) is 12.8 Å². The van der Waals surface area contributed by atoms with Gasteiger partial charge < -0.3 is 15.7 Å². The van der Waals surface area contributed by atoms with Gasteiger partial charge in [0.1, 0.15) is 5.69 Å². The molecule has 0 bridgehead atoms. The molecule has 0 aliphatic carbocycles. The average molecular weight is 297 g/mol. The summed E-state index contributed by atoms with van der Waals surface area (Å²) in [6.07, 6.45) is 1.54. The Bertz CT molecular complexity index is 495. The molecule has 0 saturated heterocycles. The lowest BCUT2D eigenvalue weighted by Crippen LogP contribution is -2.32. The van der Waals surface area contributed by atoms with Gasteiger partial charge in [-0.25, -0.2) is 4.98 Å². The van der Waals surface area contributed by atoms with Crippen molar-refractivity contribution in [2.24, 2.45) is 5.41 Å². The second-order valence-corrected chi connectivity index (χ2v) is 5.06. The van der Waals surface area contributed by atoms with Crippen LogP contribution in [-0.2, 0) is 0 Å². The molecule has 118 valence electrons. The molecule has 0 spiro atoms. The fourth-order valence-corrected chi connectivity index (χ4v) is 2.07. The molecule has 1 aromatic rings. The maximum Gasteiger partial charge on any atom is 0.332 e. The third-order valence-electron chi connectivity index (χ3n) is 3.93. The molecule has 0 fully saturated rings. The molecule has 3 N–H and O–H groups in total. The summed E-state index contributed by atoms with van der Waals surface area (Å²) in [5.41, 5.74) is -0.149. The number of hydrogen-bond acceptors (Lipinski definition) is 7. The maximum atomic E-state index is 11.2. The molecule has 0 aromatic carbocycles. The van der Waals surface area contributed by atoms with E-state index in [9.17, 15) is 15.2 Å². The summed E-state index contributed by atoms with van der Waals surface area (Å²) in [5, 5.41) is 26.6. The van der Waals surface area contributed by atoms with Crippen LogP contribution in [0.5, 0.6) is 0 Å². The quantitative estimate of drug-likeness (QED) is 0.496. The topological polar surface area (TPSA) is 113 Å². The van der Waals surface area contributed by atoms with E-state index >= 15 is 0 Å². The number of anilines is 2. The average Bonchev–Trinajstić information content (AvgIpc) is 2.48. The molecule has 0 saturated carbocycles. The fraction of sp³-hybridized carbons (Fsp3) is 0.692. The monoisotopic (exact) mass is 297 g/mol. The Labute approximate surface area is 124 Å². The minimum absolute atomic E-state index is 0.0176. The fourth-order valence-electron chi connectivity index (χ4n) is 2.07. The van der Waals surface area contributed by atoms with Gasteiger partial charge in [0.25, 0.3) is 0 Å². The molecule has 0 aliphatic rings. The van der Waals surface area contributed by atoms with Gasteiger partial charge in [-0.15, -0.1) is 0 Å². The Morgan fingerprint density at radius 2 is 1.95 bits per heavy atom. The minimum atomic E-state index is -0.490. The lowest BCUT2D eigenvalue weighted by atomic mass is 9.83. The smallest absolute Gasteiger partial charge is 0.332 e. The zero-order valence-electron chi connectivity index (χ0n) is 12.9. The van der Waals surface area contributed by atoms with Crippen molar-refractivity contribution in [3.8, 4) is 0 Å². The summed E-state index contributed by atoms with van der Waals surface area (Å²) in [4.78, 5) is 18.8. The minimum Gasteiger partial charge on any atom is -0.396 e. The molecule has 1 heterocycles. The number of aromatic nitrogens is 2. The first-order valence-electron chi connectivity index (χ1n) is 6.98. The molecular formula is C13H23N5O3. The second-order valence-electron chi connectivity index (χ2n) is 5.06. The molecule has 1 aromatic heterocycles.